The third kappa shape index (κ3) is 3.22. The third-order valence-corrected chi connectivity index (χ3v) is 3.83. The Morgan fingerprint density at radius 1 is 1.21 bits per heavy atom. The van der Waals surface area contributed by atoms with Crippen molar-refractivity contribution in [2.45, 2.75) is 6.61 Å². The monoisotopic (exact) mass is 369 g/mol. The van der Waals surface area contributed by atoms with Gasteiger partial charge in [-0.05, 0) is 23.8 Å². The van der Waals surface area contributed by atoms with Crippen LogP contribution in [0, 0.1) is 10.1 Å². The molecule has 1 aliphatic heterocycles. The van der Waals surface area contributed by atoms with Gasteiger partial charge in [0.2, 0.25) is 6.79 Å². The van der Waals surface area contributed by atoms with Crippen molar-refractivity contribution in [2.24, 2.45) is 0 Å². The van der Waals surface area contributed by atoms with Crippen molar-refractivity contribution in [3.8, 4) is 11.5 Å². The van der Waals surface area contributed by atoms with E-state index in [1.54, 1.807) is 12.1 Å². The molecular formula is C15H9Cl2NO6. The highest BCUT2D eigenvalue weighted by atomic mass is 35.5. The van der Waals surface area contributed by atoms with Crippen molar-refractivity contribution in [3.05, 3.63) is 61.6 Å². The first-order chi connectivity index (χ1) is 11.5. The van der Waals surface area contributed by atoms with Gasteiger partial charge in [-0.25, -0.2) is 4.79 Å². The zero-order valence-electron chi connectivity index (χ0n) is 12.0. The second-order valence-electron chi connectivity index (χ2n) is 4.81. The van der Waals surface area contributed by atoms with Gasteiger partial charge in [0, 0.05) is 12.1 Å². The number of ether oxygens (including phenoxy) is 3. The molecular weight excluding hydrogens is 361 g/mol. The summed E-state index contributed by atoms with van der Waals surface area (Å²) < 4.78 is 15.6. The molecule has 0 unspecified atom stereocenters. The smallest absolute Gasteiger partial charge is 0.339 e. The summed E-state index contributed by atoms with van der Waals surface area (Å²) in [5.74, 6) is 0.218. The Balaban J connectivity index is 1.72. The Labute approximate surface area is 145 Å². The molecule has 24 heavy (non-hydrogen) atoms. The minimum Gasteiger partial charge on any atom is -0.457 e. The lowest BCUT2D eigenvalue weighted by Gasteiger charge is -2.08. The summed E-state index contributed by atoms with van der Waals surface area (Å²) in [4.78, 5) is 22.1. The van der Waals surface area contributed by atoms with Crippen LogP contribution in [-0.4, -0.2) is 17.7 Å². The van der Waals surface area contributed by atoms with Crippen molar-refractivity contribution in [3.63, 3.8) is 0 Å². The fraction of sp³-hybridized carbons (Fsp3) is 0.133. The molecule has 0 amide bonds. The fourth-order valence-corrected chi connectivity index (χ4v) is 2.65. The molecule has 0 aromatic heterocycles. The molecule has 9 heteroatoms. The van der Waals surface area contributed by atoms with Crippen LogP contribution in [0.1, 0.15) is 15.9 Å². The van der Waals surface area contributed by atoms with E-state index >= 15 is 0 Å². The van der Waals surface area contributed by atoms with Crippen LogP contribution in [0.5, 0.6) is 11.5 Å². The second kappa shape index (κ2) is 6.54. The van der Waals surface area contributed by atoms with Crippen LogP contribution < -0.4 is 9.47 Å². The molecule has 3 rings (SSSR count). The van der Waals surface area contributed by atoms with E-state index in [-0.39, 0.29) is 29.7 Å². The molecule has 0 aliphatic carbocycles. The maximum atomic E-state index is 12.1. The summed E-state index contributed by atoms with van der Waals surface area (Å²) in [6.07, 6.45) is 0. The number of benzene rings is 2. The largest absolute Gasteiger partial charge is 0.457 e. The average molecular weight is 370 g/mol. The topological polar surface area (TPSA) is 87.9 Å². The summed E-state index contributed by atoms with van der Waals surface area (Å²) >= 11 is 11.9. The number of carbonyl (C=O) groups is 1. The van der Waals surface area contributed by atoms with Crippen molar-refractivity contribution in [2.75, 3.05) is 6.79 Å². The zero-order valence-corrected chi connectivity index (χ0v) is 13.5. The molecule has 1 aliphatic rings. The Bertz CT molecular complexity index is 839. The van der Waals surface area contributed by atoms with E-state index < -0.39 is 10.9 Å². The lowest BCUT2D eigenvalue weighted by molar-refractivity contribution is -0.384. The molecule has 0 atom stereocenters. The van der Waals surface area contributed by atoms with Gasteiger partial charge in [0.1, 0.15) is 6.61 Å². The Morgan fingerprint density at radius 2 is 2.00 bits per heavy atom. The van der Waals surface area contributed by atoms with Gasteiger partial charge >= 0.3 is 5.97 Å². The van der Waals surface area contributed by atoms with Gasteiger partial charge in [-0.15, -0.1) is 0 Å². The highest BCUT2D eigenvalue weighted by molar-refractivity contribution is 6.33. The first kappa shape index (κ1) is 16.4. The number of nitro benzene ring substituents is 1. The molecule has 2 aromatic rings. The zero-order chi connectivity index (χ0) is 17.3. The number of hydrogen-bond acceptors (Lipinski definition) is 6. The predicted molar refractivity (Wildman–Crippen MR) is 84.8 cm³/mol. The molecule has 0 spiro atoms. The van der Waals surface area contributed by atoms with E-state index in [4.69, 9.17) is 37.4 Å². The quantitative estimate of drug-likeness (QED) is 0.460. The fourth-order valence-electron chi connectivity index (χ4n) is 2.11. The standard InChI is InChI=1S/C15H9Cl2NO6/c16-11-5-9(18(20)21)1-2-10(11)15(19)22-6-8-3-12(17)14-13(4-8)23-7-24-14/h1-5H,6-7H2. The first-order valence-electron chi connectivity index (χ1n) is 6.65. The molecule has 0 saturated carbocycles. The number of rotatable bonds is 4. The SMILES string of the molecule is O=C(OCc1cc(Cl)c2c(c1)OCO2)c1ccc([N+](=O)[O-])cc1Cl. The number of non-ortho nitro benzene ring substituents is 1. The third-order valence-electron chi connectivity index (χ3n) is 3.24. The summed E-state index contributed by atoms with van der Waals surface area (Å²) in [6.45, 7) is 0.0131. The van der Waals surface area contributed by atoms with Gasteiger partial charge in [-0.3, -0.25) is 10.1 Å². The summed E-state index contributed by atoms with van der Waals surface area (Å²) in [5, 5.41) is 11.0. The summed E-state index contributed by atoms with van der Waals surface area (Å²) in [6, 6.07) is 6.77. The lowest BCUT2D eigenvalue weighted by atomic mass is 10.2. The average Bonchev–Trinajstić information content (AvgIpc) is 3.01. The van der Waals surface area contributed by atoms with E-state index in [9.17, 15) is 14.9 Å². The molecule has 124 valence electrons. The molecule has 0 fully saturated rings. The van der Waals surface area contributed by atoms with Crippen molar-refractivity contribution < 1.29 is 23.9 Å². The van der Waals surface area contributed by atoms with Gasteiger partial charge in [-0.2, -0.15) is 0 Å². The Hall–Kier alpha value is -2.51. The molecule has 0 radical (unpaired) electrons. The number of halogens is 2. The van der Waals surface area contributed by atoms with Crippen LogP contribution >= 0.6 is 23.2 Å². The predicted octanol–water partition coefficient (Wildman–Crippen LogP) is 3.99. The highest BCUT2D eigenvalue weighted by Gasteiger charge is 2.20. The van der Waals surface area contributed by atoms with Crippen LogP contribution in [0.4, 0.5) is 5.69 Å². The lowest BCUT2D eigenvalue weighted by Crippen LogP contribution is -2.06. The van der Waals surface area contributed by atoms with Crippen molar-refractivity contribution in [1.29, 1.82) is 0 Å². The molecule has 0 bridgehead atoms. The van der Waals surface area contributed by atoms with E-state index in [0.717, 1.165) is 6.07 Å². The molecule has 1 heterocycles. The summed E-state index contributed by atoms with van der Waals surface area (Å²) in [5.41, 5.74) is 0.434. The van der Waals surface area contributed by atoms with Crippen LogP contribution in [0.2, 0.25) is 10.0 Å². The maximum Gasteiger partial charge on any atom is 0.339 e. The number of nitrogens with zero attached hydrogens (tertiary/aromatic N) is 1. The highest BCUT2D eigenvalue weighted by Crippen LogP contribution is 2.40. The van der Waals surface area contributed by atoms with Crippen LogP contribution in [-0.2, 0) is 11.3 Å². The summed E-state index contributed by atoms with van der Waals surface area (Å²) in [7, 11) is 0. The number of hydrogen-bond donors (Lipinski definition) is 0. The number of fused-ring (bicyclic) bond motifs is 1. The van der Waals surface area contributed by atoms with Crippen LogP contribution in [0.25, 0.3) is 0 Å². The minimum atomic E-state index is -0.705. The van der Waals surface area contributed by atoms with E-state index in [0.29, 0.717) is 22.1 Å². The minimum absolute atomic E-state index is 0.0362. The molecule has 0 N–H and O–H groups in total. The first-order valence-corrected chi connectivity index (χ1v) is 7.40. The van der Waals surface area contributed by atoms with Crippen molar-refractivity contribution >= 4 is 34.9 Å². The van der Waals surface area contributed by atoms with Gasteiger partial charge < -0.3 is 14.2 Å². The maximum absolute atomic E-state index is 12.1. The van der Waals surface area contributed by atoms with E-state index in [1.807, 2.05) is 0 Å². The van der Waals surface area contributed by atoms with Gasteiger partial charge in [-0.1, -0.05) is 23.2 Å². The second-order valence-corrected chi connectivity index (χ2v) is 5.62. The van der Waals surface area contributed by atoms with Gasteiger partial charge in [0.05, 0.1) is 20.5 Å². The van der Waals surface area contributed by atoms with Gasteiger partial charge in [0.25, 0.3) is 5.69 Å². The number of carbonyl (C=O) groups excluding carboxylic acids is 1. The van der Waals surface area contributed by atoms with Crippen LogP contribution in [0.15, 0.2) is 30.3 Å². The normalized spacial score (nSPS) is 12.1. The van der Waals surface area contributed by atoms with E-state index in [1.165, 1.54) is 12.1 Å². The molecule has 2 aromatic carbocycles. The van der Waals surface area contributed by atoms with Crippen LogP contribution in [0.3, 0.4) is 0 Å². The van der Waals surface area contributed by atoms with E-state index in [2.05, 4.69) is 0 Å². The number of nitro groups is 1. The molecule has 7 nitrogen and oxygen atoms in total. The van der Waals surface area contributed by atoms with Gasteiger partial charge in [0.15, 0.2) is 11.5 Å². The Morgan fingerprint density at radius 3 is 2.71 bits per heavy atom. The Kier molecular flexibility index (Phi) is 4.46. The molecule has 0 saturated heterocycles. The van der Waals surface area contributed by atoms with Crippen molar-refractivity contribution in [1.82, 2.24) is 0 Å². The number of esters is 1.